The van der Waals surface area contributed by atoms with Crippen molar-refractivity contribution in [3.63, 3.8) is 0 Å². The summed E-state index contributed by atoms with van der Waals surface area (Å²) in [7, 11) is 0. The third-order valence-corrected chi connectivity index (χ3v) is 3.33. The number of hydrogen-bond acceptors (Lipinski definition) is 3. The van der Waals surface area contributed by atoms with Gasteiger partial charge in [-0.3, -0.25) is 4.98 Å². The maximum absolute atomic E-state index is 13.3. The van der Waals surface area contributed by atoms with Crippen molar-refractivity contribution in [2.24, 2.45) is 0 Å². The van der Waals surface area contributed by atoms with Crippen LogP contribution in [-0.4, -0.2) is 16.5 Å². The molecule has 1 saturated heterocycles. The molecule has 1 aromatic carbocycles. The van der Waals surface area contributed by atoms with Crippen molar-refractivity contribution in [3.8, 4) is 0 Å². The van der Waals surface area contributed by atoms with Crippen LogP contribution in [-0.2, 0) is 0 Å². The number of benzene rings is 1. The number of halogens is 1. The largest absolute Gasteiger partial charge is 0.348 e. The van der Waals surface area contributed by atoms with E-state index in [9.17, 15) is 4.39 Å². The van der Waals surface area contributed by atoms with E-state index in [1.807, 2.05) is 6.07 Å². The van der Waals surface area contributed by atoms with Gasteiger partial charge in [0.05, 0.1) is 12.2 Å². The molecular weight excluding hydrogens is 229 g/mol. The molecule has 0 bridgehead atoms. The van der Waals surface area contributed by atoms with Gasteiger partial charge < -0.3 is 4.90 Å². The van der Waals surface area contributed by atoms with E-state index in [0.29, 0.717) is 0 Å². The SMILES string of the molecule is Fc1cccc(C2CCCN2c2cnccn2)c1. The molecule has 0 radical (unpaired) electrons. The summed E-state index contributed by atoms with van der Waals surface area (Å²) >= 11 is 0. The molecule has 1 aliphatic heterocycles. The zero-order chi connectivity index (χ0) is 12.4. The highest BCUT2D eigenvalue weighted by Gasteiger charge is 2.27. The Kier molecular flexibility index (Phi) is 2.92. The van der Waals surface area contributed by atoms with E-state index in [0.717, 1.165) is 30.8 Å². The summed E-state index contributed by atoms with van der Waals surface area (Å²) in [5.74, 6) is 0.683. The molecule has 0 aliphatic carbocycles. The van der Waals surface area contributed by atoms with E-state index in [-0.39, 0.29) is 11.9 Å². The van der Waals surface area contributed by atoms with Gasteiger partial charge in [0.15, 0.2) is 0 Å². The second-order valence-electron chi connectivity index (χ2n) is 4.47. The lowest BCUT2D eigenvalue weighted by Crippen LogP contribution is -2.23. The standard InChI is InChI=1S/C14H14FN3/c15-12-4-1-3-11(9-12)13-5-2-8-18(13)14-10-16-6-7-17-14/h1,3-4,6-7,9-10,13H,2,5,8H2. The van der Waals surface area contributed by atoms with Crippen molar-refractivity contribution in [2.75, 3.05) is 11.4 Å². The normalized spacial score (nSPS) is 19.2. The highest BCUT2D eigenvalue weighted by Crippen LogP contribution is 2.34. The molecule has 1 unspecified atom stereocenters. The van der Waals surface area contributed by atoms with E-state index in [1.165, 1.54) is 6.07 Å². The zero-order valence-electron chi connectivity index (χ0n) is 9.96. The first-order valence-corrected chi connectivity index (χ1v) is 6.13. The molecule has 0 amide bonds. The van der Waals surface area contributed by atoms with E-state index in [4.69, 9.17) is 0 Å². The highest BCUT2D eigenvalue weighted by atomic mass is 19.1. The summed E-state index contributed by atoms with van der Waals surface area (Å²) < 4.78 is 13.3. The van der Waals surface area contributed by atoms with E-state index >= 15 is 0 Å². The fourth-order valence-electron chi connectivity index (χ4n) is 2.54. The van der Waals surface area contributed by atoms with Crippen LogP contribution in [0.15, 0.2) is 42.9 Å². The van der Waals surface area contributed by atoms with Gasteiger partial charge in [0.1, 0.15) is 11.6 Å². The van der Waals surface area contributed by atoms with Crippen LogP contribution in [0.2, 0.25) is 0 Å². The van der Waals surface area contributed by atoms with Gasteiger partial charge >= 0.3 is 0 Å². The summed E-state index contributed by atoms with van der Waals surface area (Å²) in [6.07, 6.45) is 7.24. The second kappa shape index (κ2) is 4.72. The summed E-state index contributed by atoms with van der Waals surface area (Å²) in [6.45, 7) is 0.944. The molecular formula is C14H14FN3. The molecule has 1 fully saturated rings. The van der Waals surface area contributed by atoms with Crippen LogP contribution < -0.4 is 4.90 Å². The number of anilines is 1. The number of hydrogen-bond donors (Lipinski definition) is 0. The Labute approximate surface area is 105 Å². The van der Waals surface area contributed by atoms with Crippen LogP contribution in [0.1, 0.15) is 24.4 Å². The molecule has 18 heavy (non-hydrogen) atoms. The Morgan fingerprint density at radius 2 is 2.22 bits per heavy atom. The Morgan fingerprint density at radius 3 is 3.00 bits per heavy atom. The van der Waals surface area contributed by atoms with E-state index < -0.39 is 0 Å². The summed E-state index contributed by atoms with van der Waals surface area (Å²) in [6, 6.07) is 7.03. The minimum atomic E-state index is -0.182. The van der Waals surface area contributed by atoms with Crippen molar-refractivity contribution in [1.82, 2.24) is 9.97 Å². The average Bonchev–Trinajstić information content (AvgIpc) is 2.89. The third-order valence-electron chi connectivity index (χ3n) is 3.33. The minimum Gasteiger partial charge on any atom is -0.348 e. The molecule has 92 valence electrons. The summed E-state index contributed by atoms with van der Waals surface area (Å²) in [5, 5.41) is 0. The molecule has 0 saturated carbocycles. The molecule has 1 aliphatic rings. The predicted octanol–water partition coefficient (Wildman–Crippen LogP) is 2.96. The molecule has 2 heterocycles. The average molecular weight is 243 g/mol. The Hall–Kier alpha value is -1.97. The van der Waals surface area contributed by atoms with E-state index in [2.05, 4.69) is 14.9 Å². The Morgan fingerprint density at radius 1 is 1.28 bits per heavy atom. The molecule has 2 aromatic rings. The van der Waals surface area contributed by atoms with Crippen LogP contribution >= 0.6 is 0 Å². The molecule has 1 atom stereocenters. The lowest BCUT2D eigenvalue weighted by molar-refractivity contribution is 0.618. The fraction of sp³-hybridized carbons (Fsp3) is 0.286. The smallest absolute Gasteiger partial charge is 0.147 e. The minimum absolute atomic E-state index is 0.182. The quantitative estimate of drug-likeness (QED) is 0.812. The lowest BCUT2D eigenvalue weighted by Gasteiger charge is -2.25. The second-order valence-corrected chi connectivity index (χ2v) is 4.47. The van der Waals surface area contributed by atoms with Gasteiger partial charge in [-0.05, 0) is 30.5 Å². The molecule has 0 N–H and O–H groups in total. The number of aromatic nitrogens is 2. The molecule has 0 spiro atoms. The maximum Gasteiger partial charge on any atom is 0.147 e. The fourth-order valence-corrected chi connectivity index (χ4v) is 2.54. The van der Waals surface area contributed by atoms with Crippen molar-refractivity contribution < 1.29 is 4.39 Å². The monoisotopic (exact) mass is 243 g/mol. The van der Waals surface area contributed by atoms with Gasteiger partial charge in [-0.2, -0.15) is 0 Å². The Balaban J connectivity index is 1.92. The van der Waals surface area contributed by atoms with Crippen LogP contribution in [0.3, 0.4) is 0 Å². The first-order valence-electron chi connectivity index (χ1n) is 6.13. The summed E-state index contributed by atoms with van der Waals surface area (Å²) in [5.41, 5.74) is 1.01. The maximum atomic E-state index is 13.3. The van der Waals surface area contributed by atoms with Crippen LogP contribution in [0.5, 0.6) is 0 Å². The van der Waals surface area contributed by atoms with Crippen molar-refractivity contribution in [1.29, 1.82) is 0 Å². The van der Waals surface area contributed by atoms with Gasteiger partial charge in [-0.25, -0.2) is 9.37 Å². The number of nitrogens with zero attached hydrogens (tertiary/aromatic N) is 3. The van der Waals surface area contributed by atoms with E-state index in [1.54, 1.807) is 30.7 Å². The lowest BCUT2D eigenvalue weighted by atomic mass is 10.0. The van der Waals surface area contributed by atoms with Gasteiger partial charge in [0, 0.05) is 18.9 Å². The van der Waals surface area contributed by atoms with Crippen LogP contribution in [0.25, 0.3) is 0 Å². The molecule has 4 heteroatoms. The molecule has 3 rings (SSSR count). The first kappa shape index (κ1) is 11.1. The third kappa shape index (κ3) is 2.06. The highest BCUT2D eigenvalue weighted by molar-refractivity contribution is 5.42. The van der Waals surface area contributed by atoms with Crippen molar-refractivity contribution in [2.45, 2.75) is 18.9 Å². The van der Waals surface area contributed by atoms with Gasteiger partial charge in [0.25, 0.3) is 0 Å². The first-order chi connectivity index (χ1) is 8.84. The van der Waals surface area contributed by atoms with Gasteiger partial charge in [-0.1, -0.05) is 12.1 Å². The Bertz CT molecular complexity index is 530. The van der Waals surface area contributed by atoms with Gasteiger partial charge in [-0.15, -0.1) is 0 Å². The zero-order valence-corrected chi connectivity index (χ0v) is 9.96. The topological polar surface area (TPSA) is 29.0 Å². The molecule has 3 nitrogen and oxygen atoms in total. The van der Waals surface area contributed by atoms with Crippen LogP contribution in [0, 0.1) is 5.82 Å². The summed E-state index contributed by atoms with van der Waals surface area (Å²) in [4.78, 5) is 10.6. The van der Waals surface area contributed by atoms with Gasteiger partial charge in [0.2, 0.25) is 0 Å². The molecule has 1 aromatic heterocycles. The van der Waals surface area contributed by atoms with Crippen molar-refractivity contribution in [3.05, 3.63) is 54.2 Å². The number of rotatable bonds is 2. The van der Waals surface area contributed by atoms with Crippen molar-refractivity contribution >= 4 is 5.82 Å². The van der Waals surface area contributed by atoms with Crippen LogP contribution in [0.4, 0.5) is 10.2 Å². The predicted molar refractivity (Wildman–Crippen MR) is 67.8 cm³/mol.